The highest BCUT2D eigenvalue weighted by atomic mass is 16.5. The number of methoxy groups -OCH3 is 1. The first-order valence-electron chi connectivity index (χ1n) is 5.43. The topological polar surface area (TPSA) is 75.0 Å². The van der Waals surface area contributed by atoms with E-state index < -0.39 is 11.5 Å². The summed E-state index contributed by atoms with van der Waals surface area (Å²) < 4.78 is 4.64. The molecule has 2 aromatic heterocycles. The van der Waals surface area contributed by atoms with Gasteiger partial charge in [0, 0.05) is 22.5 Å². The van der Waals surface area contributed by atoms with Crippen LogP contribution < -0.4 is 5.56 Å². The van der Waals surface area contributed by atoms with Crippen LogP contribution in [-0.2, 0) is 4.74 Å². The first-order chi connectivity index (χ1) is 8.72. The quantitative estimate of drug-likeness (QED) is 0.639. The summed E-state index contributed by atoms with van der Waals surface area (Å²) in [5.74, 6) is -0.645. The maximum absolute atomic E-state index is 11.7. The Balaban J connectivity index is 2.52. The van der Waals surface area contributed by atoms with Crippen molar-refractivity contribution in [1.82, 2.24) is 9.97 Å². The molecule has 0 atom stereocenters. The number of pyridine rings is 1. The molecule has 3 aromatic rings. The van der Waals surface area contributed by atoms with Crippen molar-refractivity contribution in [2.45, 2.75) is 0 Å². The average Bonchev–Trinajstić information content (AvgIpc) is 2.76. The first-order valence-corrected chi connectivity index (χ1v) is 5.43. The van der Waals surface area contributed by atoms with Crippen molar-refractivity contribution in [3.05, 3.63) is 46.4 Å². The molecular formula is C13H10N2O3. The van der Waals surface area contributed by atoms with Crippen LogP contribution in [0.3, 0.4) is 0 Å². The van der Waals surface area contributed by atoms with E-state index in [1.165, 1.54) is 7.11 Å². The van der Waals surface area contributed by atoms with Crippen molar-refractivity contribution in [3.8, 4) is 0 Å². The summed E-state index contributed by atoms with van der Waals surface area (Å²) in [5.41, 5.74) is 0.926. The Kier molecular flexibility index (Phi) is 2.19. The highest BCUT2D eigenvalue weighted by Gasteiger charge is 2.18. The highest BCUT2D eigenvalue weighted by molar-refractivity contribution is 6.13. The maximum atomic E-state index is 11.7. The molecule has 18 heavy (non-hydrogen) atoms. The van der Waals surface area contributed by atoms with Crippen LogP contribution >= 0.6 is 0 Å². The molecule has 0 unspecified atom stereocenters. The standard InChI is InChI=1S/C13H10N2O3/c1-18-13(17)10-11-8(6-14-12(10)16)7-4-2-3-5-9(7)15-11/h2-6,15H,1H3,(H,14,16). The molecule has 0 radical (unpaired) electrons. The lowest BCUT2D eigenvalue weighted by atomic mass is 10.1. The predicted molar refractivity (Wildman–Crippen MR) is 67.8 cm³/mol. The van der Waals surface area contributed by atoms with E-state index in [1.807, 2.05) is 24.3 Å². The molecule has 1 aromatic carbocycles. The van der Waals surface area contributed by atoms with Crippen LogP contribution in [0.25, 0.3) is 21.8 Å². The minimum Gasteiger partial charge on any atom is -0.465 e. The van der Waals surface area contributed by atoms with Crippen molar-refractivity contribution in [1.29, 1.82) is 0 Å². The molecule has 0 spiro atoms. The number of H-pyrrole nitrogens is 2. The highest BCUT2D eigenvalue weighted by Crippen LogP contribution is 2.25. The number of hydrogen-bond acceptors (Lipinski definition) is 3. The van der Waals surface area contributed by atoms with Crippen LogP contribution in [0.15, 0.2) is 35.3 Å². The maximum Gasteiger partial charge on any atom is 0.345 e. The lowest BCUT2D eigenvalue weighted by Crippen LogP contribution is -2.18. The Morgan fingerprint density at radius 3 is 2.78 bits per heavy atom. The van der Waals surface area contributed by atoms with Gasteiger partial charge in [0.2, 0.25) is 0 Å². The summed E-state index contributed by atoms with van der Waals surface area (Å²) >= 11 is 0. The molecule has 0 aliphatic heterocycles. The second kappa shape index (κ2) is 3.73. The zero-order valence-electron chi connectivity index (χ0n) is 9.61. The van der Waals surface area contributed by atoms with Crippen molar-refractivity contribution >= 4 is 27.8 Å². The Morgan fingerprint density at radius 2 is 2.00 bits per heavy atom. The lowest BCUT2D eigenvalue weighted by molar-refractivity contribution is 0.0601. The predicted octanol–water partition coefficient (Wildman–Crippen LogP) is 1.80. The summed E-state index contributed by atoms with van der Waals surface area (Å²) in [5, 5.41) is 1.75. The fourth-order valence-corrected chi connectivity index (χ4v) is 2.13. The van der Waals surface area contributed by atoms with E-state index in [-0.39, 0.29) is 5.56 Å². The van der Waals surface area contributed by atoms with Gasteiger partial charge >= 0.3 is 5.97 Å². The number of carbonyl (C=O) groups is 1. The third-order valence-corrected chi connectivity index (χ3v) is 2.96. The number of aromatic nitrogens is 2. The summed E-state index contributed by atoms with van der Waals surface area (Å²) in [4.78, 5) is 29.0. The van der Waals surface area contributed by atoms with Crippen molar-refractivity contribution in [2.75, 3.05) is 7.11 Å². The number of rotatable bonds is 1. The van der Waals surface area contributed by atoms with Gasteiger partial charge in [0.05, 0.1) is 12.6 Å². The Morgan fingerprint density at radius 1 is 1.22 bits per heavy atom. The minimum atomic E-state index is -0.645. The Hall–Kier alpha value is -2.56. The number of aromatic amines is 2. The summed E-state index contributed by atoms with van der Waals surface area (Å²) in [6, 6.07) is 7.60. The fourth-order valence-electron chi connectivity index (χ4n) is 2.13. The molecule has 90 valence electrons. The van der Waals surface area contributed by atoms with Gasteiger partial charge in [0.15, 0.2) is 0 Å². The van der Waals surface area contributed by atoms with E-state index in [1.54, 1.807) is 6.20 Å². The molecule has 5 nitrogen and oxygen atoms in total. The largest absolute Gasteiger partial charge is 0.465 e. The van der Waals surface area contributed by atoms with Crippen molar-refractivity contribution in [3.63, 3.8) is 0 Å². The second-order valence-corrected chi connectivity index (χ2v) is 3.94. The van der Waals surface area contributed by atoms with Crippen LogP contribution in [-0.4, -0.2) is 23.0 Å². The van der Waals surface area contributed by atoms with Crippen molar-refractivity contribution in [2.24, 2.45) is 0 Å². The number of hydrogen-bond donors (Lipinski definition) is 2. The summed E-state index contributed by atoms with van der Waals surface area (Å²) in [6.07, 6.45) is 1.60. The van der Waals surface area contributed by atoms with Crippen LogP contribution in [0.4, 0.5) is 0 Å². The smallest absolute Gasteiger partial charge is 0.345 e. The molecule has 0 amide bonds. The number of carbonyl (C=O) groups excluding carboxylic acids is 1. The third-order valence-electron chi connectivity index (χ3n) is 2.96. The number of fused-ring (bicyclic) bond motifs is 3. The molecular weight excluding hydrogens is 232 g/mol. The molecule has 2 N–H and O–H groups in total. The summed E-state index contributed by atoms with van der Waals surface area (Å²) in [6.45, 7) is 0. The van der Waals surface area contributed by atoms with Gasteiger partial charge in [-0.25, -0.2) is 4.79 Å². The van der Waals surface area contributed by atoms with E-state index in [2.05, 4.69) is 14.7 Å². The molecule has 2 heterocycles. The average molecular weight is 242 g/mol. The molecule has 0 aliphatic carbocycles. The molecule has 0 saturated carbocycles. The second-order valence-electron chi connectivity index (χ2n) is 3.94. The number of benzene rings is 1. The van der Waals surface area contributed by atoms with Gasteiger partial charge in [-0.2, -0.15) is 0 Å². The molecule has 0 fully saturated rings. The monoisotopic (exact) mass is 242 g/mol. The Bertz CT molecular complexity index is 814. The van der Waals surface area contributed by atoms with Crippen LogP contribution in [0.1, 0.15) is 10.4 Å². The summed E-state index contributed by atoms with van der Waals surface area (Å²) in [7, 11) is 1.25. The van der Waals surface area contributed by atoms with Gasteiger partial charge in [0.25, 0.3) is 5.56 Å². The van der Waals surface area contributed by atoms with Gasteiger partial charge in [-0.05, 0) is 6.07 Å². The third kappa shape index (κ3) is 1.34. The van der Waals surface area contributed by atoms with Gasteiger partial charge in [-0.1, -0.05) is 18.2 Å². The molecule has 0 bridgehead atoms. The zero-order chi connectivity index (χ0) is 12.7. The van der Waals surface area contributed by atoms with Gasteiger partial charge in [0.1, 0.15) is 5.56 Å². The lowest BCUT2D eigenvalue weighted by Gasteiger charge is -1.99. The van der Waals surface area contributed by atoms with Crippen LogP contribution in [0.5, 0.6) is 0 Å². The zero-order valence-corrected chi connectivity index (χ0v) is 9.61. The Labute approximate surface area is 101 Å². The number of para-hydroxylation sites is 1. The SMILES string of the molecule is COC(=O)c1c(=O)[nH]cc2c1[nH]c1ccccc12. The molecule has 5 heteroatoms. The van der Waals surface area contributed by atoms with Crippen LogP contribution in [0, 0.1) is 0 Å². The molecule has 0 aliphatic rings. The normalized spacial score (nSPS) is 10.9. The van der Waals surface area contributed by atoms with Gasteiger partial charge in [-0.3, -0.25) is 4.79 Å². The van der Waals surface area contributed by atoms with E-state index in [0.29, 0.717) is 5.52 Å². The number of nitrogens with one attached hydrogen (secondary N) is 2. The number of esters is 1. The van der Waals surface area contributed by atoms with Crippen LogP contribution in [0.2, 0.25) is 0 Å². The van der Waals surface area contributed by atoms with Gasteiger partial charge in [-0.15, -0.1) is 0 Å². The number of ether oxygens (including phenoxy) is 1. The fraction of sp³-hybridized carbons (Fsp3) is 0.0769. The van der Waals surface area contributed by atoms with E-state index in [0.717, 1.165) is 16.3 Å². The minimum absolute atomic E-state index is 0.00574. The van der Waals surface area contributed by atoms with Crippen molar-refractivity contribution < 1.29 is 9.53 Å². The molecule has 3 rings (SSSR count). The van der Waals surface area contributed by atoms with Gasteiger partial charge < -0.3 is 14.7 Å². The van der Waals surface area contributed by atoms with E-state index in [9.17, 15) is 9.59 Å². The van der Waals surface area contributed by atoms with E-state index in [4.69, 9.17) is 0 Å². The van der Waals surface area contributed by atoms with E-state index >= 15 is 0 Å². The first kappa shape index (κ1) is 10.6. The molecule has 0 saturated heterocycles.